The first kappa shape index (κ1) is 14.7. The molecule has 19 heavy (non-hydrogen) atoms. The first-order chi connectivity index (χ1) is 9.06. The molecule has 0 radical (unpaired) electrons. The number of aryl methyl sites for hydroxylation is 1. The second kappa shape index (κ2) is 6.63. The van der Waals surface area contributed by atoms with E-state index in [2.05, 4.69) is 11.9 Å². The van der Waals surface area contributed by atoms with E-state index in [1.54, 1.807) is 33.7 Å². The van der Waals surface area contributed by atoms with Crippen LogP contribution in [0, 0.1) is 17.0 Å². The zero-order valence-electron chi connectivity index (χ0n) is 11.2. The summed E-state index contributed by atoms with van der Waals surface area (Å²) in [4.78, 5) is 13.8. The van der Waals surface area contributed by atoms with Crippen LogP contribution in [0.15, 0.2) is 23.1 Å². The molecule has 1 aliphatic rings. The fourth-order valence-corrected chi connectivity index (χ4v) is 4.84. The largest absolute Gasteiger partial charge is 0.306 e. The van der Waals surface area contributed by atoms with E-state index in [4.69, 9.17) is 0 Å². The highest BCUT2D eigenvalue weighted by atomic mass is 33.1. The Morgan fingerprint density at radius 3 is 2.68 bits per heavy atom. The predicted octanol–water partition coefficient (Wildman–Crippen LogP) is 3.74. The molecule has 2 rings (SSSR count). The van der Waals surface area contributed by atoms with Gasteiger partial charge in [-0.2, -0.15) is 0 Å². The van der Waals surface area contributed by atoms with E-state index in [1.165, 1.54) is 0 Å². The molecule has 104 valence electrons. The van der Waals surface area contributed by atoms with Gasteiger partial charge in [-0.25, -0.2) is 0 Å². The summed E-state index contributed by atoms with van der Waals surface area (Å²) in [6.45, 7) is 4.20. The molecule has 0 spiro atoms. The minimum atomic E-state index is -0.295. The summed E-state index contributed by atoms with van der Waals surface area (Å²) in [5.74, 6) is 0. The summed E-state index contributed by atoms with van der Waals surface area (Å²) in [6, 6.07) is 5.31. The Morgan fingerprint density at radius 2 is 2.05 bits per heavy atom. The molecule has 0 saturated carbocycles. The van der Waals surface area contributed by atoms with E-state index in [0.717, 1.165) is 36.4 Å². The van der Waals surface area contributed by atoms with Crippen molar-refractivity contribution in [2.24, 2.45) is 0 Å². The van der Waals surface area contributed by atoms with Gasteiger partial charge in [-0.05, 0) is 51.5 Å². The lowest BCUT2D eigenvalue weighted by Gasteiger charge is -2.27. The van der Waals surface area contributed by atoms with Gasteiger partial charge in [0.25, 0.3) is 5.69 Å². The van der Waals surface area contributed by atoms with Crippen molar-refractivity contribution in [3.8, 4) is 0 Å². The van der Waals surface area contributed by atoms with Crippen molar-refractivity contribution in [3.05, 3.63) is 33.9 Å². The lowest BCUT2D eigenvalue weighted by Crippen LogP contribution is -2.31. The van der Waals surface area contributed by atoms with Gasteiger partial charge in [0.1, 0.15) is 0 Å². The summed E-state index contributed by atoms with van der Waals surface area (Å²) in [5.41, 5.74) is 1.29. The van der Waals surface area contributed by atoms with Crippen LogP contribution in [0.1, 0.15) is 18.4 Å². The molecule has 0 aromatic heterocycles. The zero-order valence-corrected chi connectivity index (χ0v) is 12.8. The maximum absolute atomic E-state index is 11.0. The summed E-state index contributed by atoms with van der Waals surface area (Å²) in [6.07, 6.45) is 2.32. The topological polar surface area (TPSA) is 46.4 Å². The molecule has 0 bridgehead atoms. The van der Waals surface area contributed by atoms with Gasteiger partial charge in [0, 0.05) is 11.3 Å². The fourth-order valence-electron chi connectivity index (χ4n) is 2.04. The van der Waals surface area contributed by atoms with Crippen molar-refractivity contribution in [1.29, 1.82) is 0 Å². The van der Waals surface area contributed by atoms with Crippen molar-refractivity contribution in [2.45, 2.75) is 29.9 Å². The third-order valence-electron chi connectivity index (χ3n) is 3.25. The van der Waals surface area contributed by atoms with Crippen LogP contribution < -0.4 is 0 Å². The van der Waals surface area contributed by atoms with Crippen LogP contribution in [-0.2, 0) is 0 Å². The Morgan fingerprint density at radius 1 is 1.37 bits per heavy atom. The molecule has 1 aromatic rings. The smallest absolute Gasteiger partial charge is 0.283 e. The van der Waals surface area contributed by atoms with E-state index in [9.17, 15) is 10.1 Å². The number of piperidine rings is 1. The Labute approximate surface area is 121 Å². The Balaban J connectivity index is 1.98. The van der Waals surface area contributed by atoms with Gasteiger partial charge in [0.15, 0.2) is 0 Å². The second-order valence-corrected chi connectivity index (χ2v) is 7.45. The molecule has 0 aliphatic carbocycles. The number of nitrogens with zero attached hydrogens (tertiary/aromatic N) is 2. The maximum Gasteiger partial charge on any atom is 0.283 e. The van der Waals surface area contributed by atoms with Crippen LogP contribution in [0.2, 0.25) is 0 Å². The third kappa shape index (κ3) is 4.12. The minimum Gasteiger partial charge on any atom is -0.306 e. The summed E-state index contributed by atoms with van der Waals surface area (Å²) < 4.78 is 0. The van der Waals surface area contributed by atoms with Gasteiger partial charge in [-0.1, -0.05) is 27.7 Å². The molecule has 1 heterocycles. The average Bonchev–Trinajstić information content (AvgIpc) is 2.38. The van der Waals surface area contributed by atoms with Gasteiger partial charge < -0.3 is 4.90 Å². The monoisotopic (exact) mass is 298 g/mol. The van der Waals surface area contributed by atoms with Crippen LogP contribution >= 0.6 is 21.6 Å². The molecule has 1 aromatic carbocycles. The van der Waals surface area contributed by atoms with E-state index < -0.39 is 0 Å². The molecule has 1 saturated heterocycles. The molecule has 0 atom stereocenters. The van der Waals surface area contributed by atoms with E-state index in [0.29, 0.717) is 5.25 Å². The van der Waals surface area contributed by atoms with Gasteiger partial charge in [0.05, 0.1) is 9.82 Å². The number of hydrogen-bond donors (Lipinski definition) is 0. The first-order valence-electron chi connectivity index (χ1n) is 6.33. The molecular weight excluding hydrogens is 280 g/mol. The summed E-state index contributed by atoms with van der Waals surface area (Å²) in [7, 11) is 5.47. The molecule has 4 nitrogen and oxygen atoms in total. The lowest BCUT2D eigenvalue weighted by atomic mass is 10.1. The van der Waals surface area contributed by atoms with Gasteiger partial charge in [-0.3, -0.25) is 10.1 Å². The fraction of sp³-hybridized carbons (Fsp3) is 0.538. The van der Waals surface area contributed by atoms with Crippen molar-refractivity contribution < 1.29 is 4.92 Å². The molecule has 1 aliphatic heterocycles. The number of likely N-dealkylation sites (tertiary alicyclic amines) is 1. The third-order valence-corrected chi connectivity index (χ3v) is 6.24. The molecular formula is C13H18N2O2S2. The standard InChI is InChI=1S/C13H18N2O2S2/c1-10-3-4-12(15(16)17)13(9-10)19-18-11-5-7-14(2)8-6-11/h3-4,9,11H,5-8H2,1-2H3. The normalized spacial score (nSPS) is 17.6. The number of benzene rings is 1. The van der Waals surface area contributed by atoms with Crippen molar-refractivity contribution in [2.75, 3.05) is 20.1 Å². The Kier molecular flexibility index (Phi) is 5.13. The molecule has 0 N–H and O–H groups in total. The van der Waals surface area contributed by atoms with Crippen molar-refractivity contribution >= 4 is 27.3 Å². The van der Waals surface area contributed by atoms with Gasteiger partial charge in [0.2, 0.25) is 0 Å². The second-order valence-electron chi connectivity index (χ2n) is 4.91. The molecule has 6 heteroatoms. The number of rotatable bonds is 4. The Bertz CT molecular complexity index is 460. The average molecular weight is 298 g/mol. The summed E-state index contributed by atoms with van der Waals surface area (Å²) >= 11 is 0. The Hall–Kier alpha value is -0.720. The highest BCUT2D eigenvalue weighted by Gasteiger charge is 2.20. The summed E-state index contributed by atoms with van der Waals surface area (Å²) in [5, 5.41) is 11.6. The highest BCUT2D eigenvalue weighted by molar-refractivity contribution is 8.77. The number of hydrogen-bond acceptors (Lipinski definition) is 5. The van der Waals surface area contributed by atoms with Crippen molar-refractivity contribution in [3.63, 3.8) is 0 Å². The minimum absolute atomic E-state index is 0.219. The van der Waals surface area contributed by atoms with Crippen LogP contribution in [0.25, 0.3) is 0 Å². The predicted molar refractivity (Wildman–Crippen MR) is 81.8 cm³/mol. The molecule has 1 fully saturated rings. The van der Waals surface area contributed by atoms with Crippen LogP contribution in [0.3, 0.4) is 0 Å². The molecule has 0 unspecified atom stereocenters. The molecule has 0 amide bonds. The van der Waals surface area contributed by atoms with Crippen LogP contribution in [0.4, 0.5) is 5.69 Å². The van der Waals surface area contributed by atoms with E-state index in [-0.39, 0.29) is 10.6 Å². The van der Waals surface area contributed by atoms with Crippen LogP contribution in [0.5, 0.6) is 0 Å². The lowest BCUT2D eigenvalue weighted by molar-refractivity contribution is -0.387. The number of nitro groups is 1. The quantitative estimate of drug-likeness (QED) is 0.481. The van der Waals surface area contributed by atoms with Gasteiger partial charge in [-0.15, -0.1) is 0 Å². The number of nitro benzene ring substituents is 1. The SMILES string of the molecule is Cc1ccc([N+](=O)[O-])c(SSC2CCN(C)CC2)c1. The van der Waals surface area contributed by atoms with E-state index >= 15 is 0 Å². The first-order valence-corrected chi connectivity index (χ1v) is 8.54. The van der Waals surface area contributed by atoms with Crippen LogP contribution in [-0.4, -0.2) is 35.2 Å². The van der Waals surface area contributed by atoms with E-state index in [1.807, 2.05) is 13.0 Å². The maximum atomic E-state index is 11.0. The van der Waals surface area contributed by atoms with Gasteiger partial charge >= 0.3 is 0 Å². The highest BCUT2D eigenvalue weighted by Crippen LogP contribution is 2.42. The zero-order chi connectivity index (χ0) is 13.8. The van der Waals surface area contributed by atoms with Crippen molar-refractivity contribution in [1.82, 2.24) is 4.90 Å².